The zero-order chi connectivity index (χ0) is 24.9. The van der Waals surface area contributed by atoms with Crippen LogP contribution >= 0.6 is 0 Å². The van der Waals surface area contributed by atoms with Crippen LogP contribution in [0.4, 0.5) is 11.6 Å². The van der Waals surface area contributed by atoms with Crippen molar-refractivity contribution < 1.29 is 9.53 Å². The number of nitrogens with one attached hydrogen (secondary N) is 3. The van der Waals surface area contributed by atoms with Crippen LogP contribution in [0.25, 0.3) is 11.0 Å². The topological polar surface area (TPSA) is 96.3 Å². The molecule has 1 amide bonds. The van der Waals surface area contributed by atoms with Gasteiger partial charge in [-0.1, -0.05) is 17.7 Å². The number of nitrogens with zero attached hydrogens (tertiary/aromatic N) is 4. The van der Waals surface area contributed by atoms with Crippen molar-refractivity contribution in [1.29, 1.82) is 0 Å². The first-order valence-corrected chi connectivity index (χ1v) is 12.2. The number of carbonyl (C=O) groups is 1. The molecule has 1 fully saturated rings. The second kappa shape index (κ2) is 10.8. The number of rotatable bonds is 8. The highest BCUT2D eigenvalue weighted by molar-refractivity contribution is 5.92. The van der Waals surface area contributed by atoms with Crippen LogP contribution < -0.4 is 20.7 Å². The van der Waals surface area contributed by atoms with Crippen LogP contribution in [0, 0.1) is 6.92 Å². The molecule has 5 rings (SSSR count). The zero-order valence-corrected chi connectivity index (χ0v) is 20.6. The normalized spacial score (nSPS) is 14.1. The van der Waals surface area contributed by atoms with Gasteiger partial charge in [0.25, 0.3) is 5.91 Å². The number of benzene rings is 2. The fourth-order valence-corrected chi connectivity index (χ4v) is 4.21. The Bertz CT molecular complexity index is 1340. The number of carbonyl (C=O) groups excluding carboxylic acids is 1. The summed E-state index contributed by atoms with van der Waals surface area (Å²) in [6, 6.07) is 17.4. The molecule has 3 N–H and O–H groups in total. The molecule has 0 radical (unpaired) electrons. The van der Waals surface area contributed by atoms with Gasteiger partial charge in [-0.25, -0.2) is 4.98 Å². The Balaban J connectivity index is 1.24. The Morgan fingerprint density at radius 1 is 1.06 bits per heavy atom. The van der Waals surface area contributed by atoms with Crippen LogP contribution in [-0.4, -0.2) is 64.6 Å². The number of hydrogen-bond acceptors (Lipinski definition) is 7. The first kappa shape index (κ1) is 23.8. The molecular formula is C27H31N7O2. The summed E-state index contributed by atoms with van der Waals surface area (Å²) in [6.45, 7) is 7.46. The molecule has 1 saturated heterocycles. The van der Waals surface area contributed by atoms with Gasteiger partial charge in [0.1, 0.15) is 17.2 Å². The standard InChI is InChI=1S/C27H31N7O2/c1-19-3-5-20(6-4-19)31-27-32-23-17-21(7-8-25(23)33(27)2)36-22-9-10-29-24(18-22)26(35)30-13-16-34-14-11-28-12-15-34/h3-10,17-18,28H,11-16H2,1-2H3,(H,30,35)(H,31,32). The lowest BCUT2D eigenvalue weighted by Gasteiger charge is -2.27. The molecule has 1 aliphatic heterocycles. The Morgan fingerprint density at radius 2 is 1.83 bits per heavy atom. The van der Waals surface area contributed by atoms with Gasteiger partial charge in [-0.3, -0.25) is 14.7 Å². The molecule has 0 bridgehead atoms. The molecule has 0 spiro atoms. The minimum absolute atomic E-state index is 0.206. The number of imidazole rings is 1. The minimum atomic E-state index is -0.206. The maximum Gasteiger partial charge on any atom is 0.270 e. The lowest BCUT2D eigenvalue weighted by molar-refractivity contribution is 0.0942. The lowest BCUT2D eigenvalue weighted by Crippen LogP contribution is -2.46. The summed E-state index contributed by atoms with van der Waals surface area (Å²) in [4.78, 5) is 23.9. The second-order valence-electron chi connectivity index (χ2n) is 8.96. The number of aromatic nitrogens is 3. The second-order valence-corrected chi connectivity index (χ2v) is 8.96. The molecule has 2 aromatic heterocycles. The summed E-state index contributed by atoms with van der Waals surface area (Å²) in [6.07, 6.45) is 1.59. The first-order chi connectivity index (χ1) is 17.5. The van der Waals surface area contributed by atoms with E-state index in [0.717, 1.165) is 55.4 Å². The maximum absolute atomic E-state index is 12.6. The third-order valence-corrected chi connectivity index (χ3v) is 6.28. The van der Waals surface area contributed by atoms with Gasteiger partial charge in [0.05, 0.1) is 11.0 Å². The van der Waals surface area contributed by atoms with E-state index in [1.807, 2.05) is 41.9 Å². The first-order valence-electron chi connectivity index (χ1n) is 12.2. The molecule has 1 aliphatic rings. The molecule has 36 heavy (non-hydrogen) atoms. The molecule has 0 saturated carbocycles. The number of hydrogen-bond donors (Lipinski definition) is 3. The number of pyridine rings is 1. The van der Waals surface area contributed by atoms with Crippen molar-refractivity contribution in [1.82, 2.24) is 30.1 Å². The quantitative estimate of drug-likeness (QED) is 0.352. The van der Waals surface area contributed by atoms with E-state index in [2.05, 4.69) is 44.9 Å². The smallest absolute Gasteiger partial charge is 0.270 e. The van der Waals surface area contributed by atoms with Gasteiger partial charge >= 0.3 is 0 Å². The Hall–Kier alpha value is -3.95. The summed E-state index contributed by atoms with van der Waals surface area (Å²) >= 11 is 0. The predicted octanol–water partition coefficient (Wildman–Crippen LogP) is 3.45. The van der Waals surface area contributed by atoms with E-state index in [-0.39, 0.29) is 5.91 Å². The minimum Gasteiger partial charge on any atom is -0.457 e. The van der Waals surface area contributed by atoms with Crippen LogP contribution in [0.15, 0.2) is 60.8 Å². The summed E-state index contributed by atoms with van der Waals surface area (Å²) < 4.78 is 8.06. The van der Waals surface area contributed by atoms with Gasteiger partial charge in [-0.05, 0) is 37.3 Å². The summed E-state index contributed by atoms with van der Waals surface area (Å²) in [5, 5.41) is 9.65. The van der Waals surface area contributed by atoms with Gasteiger partial charge < -0.3 is 25.3 Å². The molecule has 2 aromatic carbocycles. The highest BCUT2D eigenvalue weighted by atomic mass is 16.5. The van der Waals surface area contributed by atoms with Crippen LogP contribution in [0.1, 0.15) is 16.1 Å². The van der Waals surface area contributed by atoms with E-state index in [0.29, 0.717) is 23.7 Å². The van der Waals surface area contributed by atoms with E-state index in [9.17, 15) is 4.79 Å². The summed E-state index contributed by atoms with van der Waals surface area (Å²) in [7, 11) is 1.97. The SMILES string of the molecule is Cc1ccc(Nc2nc3cc(Oc4ccnc(C(=O)NCCN5CCNCC5)c4)ccc3n2C)cc1. The third kappa shape index (κ3) is 5.64. The van der Waals surface area contributed by atoms with Crippen molar-refractivity contribution in [2.45, 2.75) is 6.92 Å². The summed E-state index contributed by atoms with van der Waals surface area (Å²) in [5.41, 5.74) is 4.31. The van der Waals surface area contributed by atoms with Crippen molar-refractivity contribution >= 4 is 28.6 Å². The van der Waals surface area contributed by atoms with Crippen molar-refractivity contribution in [3.8, 4) is 11.5 Å². The Labute approximate surface area is 210 Å². The molecule has 0 atom stereocenters. The van der Waals surface area contributed by atoms with Crippen molar-refractivity contribution in [3.63, 3.8) is 0 Å². The number of fused-ring (bicyclic) bond motifs is 1. The average molecular weight is 486 g/mol. The average Bonchev–Trinajstić information content (AvgIpc) is 3.20. The van der Waals surface area contributed by atoms with Gasteiger partial charge in [-0.2, -0.15) is 0 Å². The van der Waals surface area contributed by atoms with Crippen LogP contribution in [0.2, 0.25) is 0 Å². The van der Waals surface area contributed by atoms with Crippen LogP contribution in [0.5, 0.6) is 11.5 Å². The number of aryl methyl sites for hydroxylation is 2. The van der Waals surface area contributed by atoms with Crippen molar-refractivity contribution in [3.05, 3.63) is 72.1 Å². The largest absolute Gasteiger partial charge is 0.457 e. The Kier molecular flexibility index (Phi) is 7.11. The number of amides is 1. The van der Waals surface area contributed by atoms with Gasteiger partial charge in [0, 0.05) is 70.3 Å². The van der Waals surface area contributed by atoms with E-state index >= 15 is 0 Å². The van der Waals surface area contributed by atoms with Crippen LogP contribution in [-0.2, 0) is 7.05 Å². The van der Waals surface area contributed by atoms with Gasteiger partial charge in [0.2, 0.25) is 5.95 Å². The number of piperazine rings is 1. The lowest BCUT2D eigenvalue weighted by atomic mass is 10.2. The monoisotopic (exact) mass is 485 g/mol. The Morgan fingerprint density at radius 3 is 2.64 bits per heavy atom. The molecular weight excluding hydrogens is 454 g/mol. The van der Waals surface area contributed by atoms with E-state index < -0.39 is 0 Å². The molecule has 186 valence electrons. The highest BCUT2D eigenvalue weighted by Crippen LogP contribution is 2.28. The zero-order valence-electron chi connectivity index (χ0n) is 20.6. The highest BCUT2D eigenvalue weighted by Gasteiger charge is 2.13. The number of ether oxygens (including phenoxy) is 1. The third-order valence-electron chi connectivity index (χ3n) is 6.28. The molecule has 9 heteroatoms. The fourth-order valence-electron chi connectivity index (χ4n) is 4.21. The van der Waals surface area contributed by atoms with E-state index in [1.165, 1.54) is 5.56 Å². The predicted molar refractivity (Wildman–Crippen MR) is 141 cm³/mol. The maximum atomic E-state index is 12.6. The molecule has 0 unspecified atom stereocenters. The van der Waals surface area contributed by atoms with Gasteiger partial charge in [0.15, 0.2) is 0 Å². The van der Waals surface area contributed by atoms with Crippen molar-refractivity contribution in [2.24, 2.45) is 7.05 Å². The van der Waals surface area contributed by atoms with Crippen molar-refractivity contribution in [2.75, 3.05) is 44.6 Å². The van der Waals surface area contributed by atoms with E-state index in [1.54, 1.807) is 18.3 Å². The molecule has 0 aliphatic carbocycles. The van der Waals surface area contributed by atoms with E-state index in [4.69, 9.17) is 9.72 Å². The molecule has 9 nitrogen and oxygen atoms in total. The molecule has 4 aromatic rings. The number of anilines is 2. The van der Waals surface area contributed by atoms with Gasteiger partial charge in [-0.15, -0.1) is 0 Å². The van der Waals surface area contributed by atoms with Crippen LogP contribution in [0.3, 0.4) is 0 Å². The summed E-state index contributed by atoms with van der Waals surface area (Å²) in [5.74, 6) is 1.72. The molecule has 3 heterocycles. The fraction of sp³-hybridized carbons (Fsp3) is 0.296.